The zero-order chi connectivity index (χ0) is 76.0. The second kappa shape index (κ2) is 42.8. The molecule has 9 N–H and O–H groups in total. The molecular formula is C73H97BBr4Cl4N12NaO12. The number of Topliss-reactive ketones (excluding diaryl/α,β-unsaturated/α-hetero) is 1. The van der Waals surface area contributed by atoms with E-state index < -0.39 is 66.5 Å². The van der Waals surface area contributed by atoms with E-state index in [1.165, 1.54) is 0 Å². The summed E-state index contributed by atoms with van der Waals surface area (Å²) < 4.78 is 14.0. The number of halogens is 8. The first-order chi connectivity index (χ1) is 49.8. The molecule has 2 amide bonds. The van der Waals surface area contributed by atoms with E-state index in [9.17, 15) is 50.1 Å². The monoisotopic (exact) mass is 1820 g/mol. The fraction of sp³-hybridized carbons (Fsp3) is 0.575. The summed E-state index contributed by atoms with van der Waals surface area (Å²) in [6, 6.07) is 13.9. The third-order valence-corrected chi connectivity index (χ3v) is 23.7. The first kappa shape index (κ1) is 90.9. The van der Waals surface area contributed by atoms with Gasteiger partial charge in [0.1, 0.15) is 5.60 Å². The average Bonchev–Trinajstić information content (AvgIpc) is 0.830. The van der Waals surface area contributed by atoms with Crippen molar-refractivity contribution in [2.75, 3.05) is 52.4 Å². The molecule has 581 valence electrons. The van der Waals surface area contributed by atoms with Gasteiger partial charge in [0.2, 0.25) is 0 Å². The van der Waals surface area contributed by atoms with Crippen LogP contribution in [0, 0.1) is 0 Å². The van der Waals surface area contributed by atoms with Crippen LogP contribution in [0.25, 0.3) is 0 Å². The number of carbonyl (C=O) groups excluding carboxylic acids is 3. The predicted octanol–water partition coefficient (Wildman–Crippen LogP) is 9.62. The van der Waals surface area contributed by atoms with Crippen LogP contribution in [0.1, 0.15) is 135 Å². The maximum atomic E-state index is 12.6. The minimum absolute atomic E-state index is 0. The SMILES string of the molecule is CC(C)(C)OC(=O)N1CCC[C@H](O)[C@H]1C[C@H](O)CN1C=Nc2cc(Br)c(Cl)cc2C1.CC(C)OC(=O)N1CCC[C@H](O)[C@H]1CC(O)CN1C=Nc2cc(Br)c(Cl)cc2C1.O=C(C[C@H]1NCCC[C@@H]1O)CN1C=Nc2cc(Br)c(Cl)cc2C1.OC(C[C@H]1NCCC[C@@H]1O)CN1C=Nc2cc(Br)c(Cl)cc2C1.[B].[H-].[Na+]. The van der Waals surface area contributed by atoms with E-state index in [-0.39, 0.29) is 82.3 Å². The summed E-state index contributed by atoms with van der Waals surface area (Å²) in [5.41, 5.74) is 6.85. The minimum atomic E-state index is -0.744. The fourth-order valence-electron chi connectivity index (χ4n) is 13.8. The summed E-state index contributed by atoms with van der Waals surface area (Å²) in [5, 5.41) is 81.6. The molecule has 0 saturated carbocycles. The second-order valence-electron chi connectivity index (χ2n) is 29.1. The number of likely N-dealkylation sites (tertiary alicyclic amines) is 2. The number of amides is 2. The van der Waals surface area contributed by atoms with E-state index in [4.69, 9.17) is 55.9 Å². The van der Waals surface area contributed by atoms with Gasteiger partial charge in [0.15, 0.2) is 5.78 Å². The van der Waals surface area contributed by atoms with Gasteiger partial charge in [-0.25, -0.2) is 29.6 Å². The molecule has 8 aliphatic rings. The predicted molar refractivity (Wildman–Crippen MR) is 433 cm³/mol. The van der Waals surface area contributed by atoms with E-state index in [0.717, 1.165) is 102 Å². The van der Waals surface area contributed by atoms with Gasteiger partial charge in [-0.05, 0) is 253 Å². The number of aliphatic imine (C=N–C) groups is 4. The molecule has 0 spiro atoms. The standard InChI is InChI=1S/C21H29BrClN3O4.C20H27BrClN3O4.C16H21BrClN3O2.C16H19BrClN3O2.B.Na.H/c1-21(2,3)30-20(29)26-6-4-5-19(28)18(26)8-14(27)11-25-10-13-7-16(23)15(22)9-17(13)24-12-25;1-12(2)29-20(28)25-5-3-4-19(27)18(25)7-14(26)10-24-9-13-6-16(22)15(21)8-17(13)23-11-24;2*17-12-6-14-10(4-13(12)18)7-21(9-20-14)8-11(22)5-15-16(23)2-1-3-19-15;;;/h7,9,12,14,18-19,27-28H,4-6,8,10-11H2,1-3H3;6,8,11-12,14,18-19,26-27H,3-5,7,9-10H2,1-2H3;4,6,9,11,15-16,19,22-23H,1-3,5,7-8H2;4,6,9,15-16,19,23H,1-3,5,7-8H2;;;/q;;;;;+1;-1/t14-,18+,19-;14?,18-,19+;11?,15-,16+;15-,16+;;;/m0111.../s1. The van der Waals surface area contributed by atoms with E-state index in [1.807, 2.05) is 88.9 Å². The van der Waals surface area contributed by atoms with Crippen LogP contribution < -0.4 is 40.2 Å². The molecule has 8 heterocycles. The number of nitrogens with one attached hydrogen (secondary N) is 2. The van der Waals surface area contributed by atoms with Gasteiger partial charge in [-0.2, -0.15) is 0 Å². The van der Waals surface area contributed by atoms with Gasteiger partial charge in [-0.1, -0.05) is 46.4 Å². The van der Waals surface area contributed by atoms with Gasteiger partial charge in [-0.15, -0.1) is 0 Å². The van der Waals surface area contributed by atoms with Crippen LogP contribution in [0.4, 0.5) is 32.3 Å². The Labute approximate surface area is 706 Å². The molecule has 107 heavy (non-hydrogen) atoms. The van der Waals surface area contributed by atoms with Crippen molar-refractivity contribution in [2.45, 2.75) is 216 Å². The fourth-order valence-corrected chi connectivity index (χ4v) is 15.8. The number of aliphatic hydroxyl groups excluding tert-OH is 7. The molecule has 12 rings (SSSR count). The van der Waals surface area contributed by atoms with Crippen LogP contribution in [0.5, 0.6) is 0 Å². The van der Waals surface area contributed by atoms with Crippen molar-refractivity contribution in [3.63, 3.8) is 0 Å². The number of ether oxygens (including phenoxy) is 2. The van der Waals surface area contributed by atoms with Gasteiger partial charge in [-0.3, -0.25) is 4.79 Å². The number of benzene rings is 4. The summed E-state index contributed by atoms with van der Waals surface area (Å²) in [6.07, 6.45) is 9.14. The number of rotatable bonds is 17. The summed E-state index contributed by atoms with van der Waals surface area (Å²) in [5.74, 6) is 0.0987. The molecule has 4 aromatic rings. The van der Waals surface area contributed by atoms with Crippen molar-refractivity contribution in [1.29, 1.82) is 0 Å². The van der Waals surface area contributed by atoms with Gasteiger partial charge in [0.05, 0.1) is 136 Å². The van der Waals surface area contributed by atoms with E-state index in [1.54, 1.807) is 49.0 Å². The Morgan fingerprint density at radius 2 is 0.860 bits per heavy atom. The number of β-amino-alcohol motifs (C(OH)–C–C–N with tert-alkyl or cyclic N) is 3. The Hall–Kier alpha value is -3.25. The largest absolute Gasteiger partial charge is 1.00 e. The molecule has 0 aliphatic carbocycles. The first-order valence-electron chi connectivity index (χ1n) is 35.6. The molecule has 24 nitrogen and oxygen atoms in total. The minimum Gasteiger partial charge on any atom is -1.00 e. The van der Waals surface area contributed by atoms with Crippen LogP contribution >= 0.6 is 110 Å². The second-order valence-corrected chi connectivity index (χ2v) is 34.1. The summed E-state index contributed by atoms with van der Waals surface area (Å²) >= 11 is 38.2. The van der Waals surface area contributed by atoms with Crippen molar-refractivity contribution < 1.29 is 90.6 Å². The molecule has 11 atom stereocenters. The molecule has 3 radical (unpaired) electrons. The Morgan fingerprint density at radius 1 is 0.523 bits per heavy atom. The normalized spacial score (nSPS) is 23.0. The van der Waals surface area contributed by atoms with Gasteiger partial charge >= 0.3 is 41.7 Å². The van der Waals surface area contributed by atoms with Crippen molar-refractivity contribution >= 4 is 185 Å². The summed E-state index contributed by atoms with van der Waals surface area (Å²) in [4.78, 5) is 65.7. The van der Waals surface area contributed by atoms with Crippen LogP contribution in [0.2, 0.25) is 20.1 Å². The maximum absolute atomic E-state index is 12.6. The Kier molecular flexibility index (Phi) is 36.3. The molecule has 34 heteroatoms. The Balaban J connectivity index is 0.000000225. The zero-order valence-electron chi connectivity index (χ0n) is 62.1. The van der Waals surface area contributed by atoms with Crippen molar-refractivity contribution in [1.82, 2.24) is 40.0 Å². The molecular weight excluding hydrogens is 1730 g/mol. The third kappa shape index (κ3) is 27.2. The third-order valence-electron chi connectivity index (χ3n) is 18.9. The Bertz CT molecular complexity index is 3800. The van der Waals surface area contributed by atoms with Crippen molar-refractivity contribution in [2.24, 2.45) is 20.0 Å². The summed E-state index contributed by atoms with van der Waals surface area (Å²) in [6.45, 7) is 15.7. The van der Waals surface area contributed by atoms with Crippen molar-refractivity contribution in [3.05, 3.63) is 109 Å². The number of piperidine rings is 4. The number of ketones is 1. The van der Waals surface area contributed by atoms with E-state index in [0.29, 0.717) is 124 Å². The van der Waals surface area contributed by atoms with E-state index in [2.05, 4.69) is 94.3 Å². The van der Waals surface area contributed by atoms with Crippen LogP contribution in [0.15, 0.2) is 86.4 Å². The summed E-state index contributed by atoms with van der Waals surface area (Å²) in [7, 11) is 0. The number of hydrogen-bond donors (Lipinski definition) is 9. The van der Waals surface area contributed by atoms with Gasteiger partial charge in [0.25, 0.3) is 0 Å². The topological polar surface area (TPSA) is 304 Å². The van der Waals surface area contributed by atoms with Crippen molar-refractivity contribution in [3.8, 4) is 0 Å². The van der Waals surface area contributed by atoms with Gasteiger partial charge in [0, 0.05) is 104 Å². The number of nitrogens with zero attached hydrogens (tertiary/aromatic N) is 10. The molecule has 4 saturated heterocycles. The van der Waals surface area contributed by atoms with E-state index >= 15 is 0 Å². The zero-order valence-corrected chi connectivity index (χ0v) is 72.4. The van der Waals surface area contributed by atoms with Crippen LogP contribution in [0.3, 0.4) is 0 Å². The number of fused-ring (bicyclic) bond motifs is 4. The molecule has 0 bridgehead atoms. The average molecular weight is 1830 g/mol. The molecule has 2 unspecified atom stereocenters. The molecule has 0 aromatic heterocycles. The van der Waals surface area contributed by atoms with Gasteiger partial charge < -0.3 is 86.7 Å². The van der Waals surface area contributed by atoms with Crippen LogP contribution in [-0.4, -0.2) is 248 Å². The van der Waals surface area contributed by atoms with Crippen LogP contribution in [-0.2, 0) is 40.4 Å². The first-order valence-corrected chi connectivity index (χ1v) is 40.3. The Morgan fingerprint density at radius 3 is 1.22 bits per heavy atom. The smallest absolute Gasteiger partial charge is 1.00 e. The molecule has 4 fully saturated rings. The quantitative estimate of drug-likeness (QED) is 0.0444. The maximum Gasteiger partial charge on any atom is 1.00 e. The molecule has 8 aliphatic heterocycles. The number of carbonyl (C=O) groups is 3. The molecule has 4 aromatic carbocycles. The number of aliphatic hydroxyl groups is 7. The number of hydrogen-bond acceptors (Lipinski definition) is 22.